The molecule has 0 aliphatic carbocycles. The van der Waals surface area contributed by atoms with Crippen LogP contribution in [0.4, 0.5) is 0 Å². The Bertz CT molecular complexity index is 1090. The van der Waals surface area contributed by atoms with Crippen molar-refractivity contribution in [3.8, 4) is 0 Å². The molecular formula is C17H17N6NaO5S3. The first kappa shape index (κ1) is 25.2. The van der Waals surface area contributed by atoms with Crippen molar-refractivity contribution < 1.29 is 53.6 Å². The first-order valence-corrected chi connectivity index (χ1v) is 11.7. The van der Waals surface area contributed by atoms with Crippen molar-refractivity contribution in [2.24, 2.45) is 0 Å². The van der Waals surface area contributed by atoms with Gasteiger partial charge in [0.1, 0.15) is 21.4 Å². The molecule has 15 heteroatoms. The Labute approximate surface area is 218 Å². The molecule has 0 bridgehead atoms. The van der Waals surface area contributed by atoms with Crippen LogP contribution in [0, 0.1) is 6.92 Å². The maximum absolute atomic E-state index is 12.7. The van der Waals surface area contributed by atoms with E-state index in [0.29, 0.717) is 28.6 Å². The fourth-order valence-electron chi connectivity index (χ4n) is 3.29. The second kappa shape index (κ2) is 10.2. The van der Waals surface area contributed by atoms with Gasteiger partial charge in [-0.25, -0.2) is 0 Å². The predicted octanol–water partition coefficient (Wildman–Crippen LogP) is -3.59. The zero-order valence-corrected chi connectivity index (χ0v) is 21.9. The maximum Gasteiger partial charge on any atom is 1.00 e. The molecule has 4 rings (SSSR count). The van der Waals surface area contributed by atoms with Gasteiger partial charge in [0.05, 0.1) is 23.3 Å². The van der Waals surface area contributed by atoms with E-state index < -0.39 is 34.4 Å². The van der Waals surface area contributed by atoms with Gasteiger partial charge in [0.25, 0.3) is 5.91 Å². The zero-order valence-electron chi connectivity index (χ0n) is 17.4. The van der Waals surface area contributed by atoms with Crippen molar-refractivity contribution in [1.29, 1.82) is 0 Å². The first-order valence-electron chi connectivity index (χ1n) is 9.28. The number of carboxylic acid groups (broad SMARTS) is 1. The summed E-state index contributed by atoms with van der Waals surface area (Å²) >= 11 is 7.15. The van der Waals surface area contributed by atoms with E-state index in [2.05, 4.69) is 38.3 Å². The van der Waals surface area contributed by atoms with Crippen molar-refractivity contribution in [2.75, 3.05) is 5.75 Å². The third kappa shape index (κ3) is 4.75. The molecule has 1 fully saturated rings. The topological polar surface area (TPSA) is 154 Å². The Balaban J connectivity index is 0.00000289. The first-order chi connectivity index (χ1) is 14.8. The van der Waals surface area contributed by atoms with E-state index in [4.69, 9.17) is 4.52 Å². The summed E-state index contributed by atoms with van der Waals surface area (Å²) in [5.74, 6) is -1.53. The molecule has 2 unspecified atom stereocenters. The van der Waals surface area contributed by atoms with E-state index in [0.717, 1.165) is 9.91 Å². The largest absolute Gasteiger partial charge is 1.00 e. The molecule has 32 heavy (non-hydrogen) atoms. The van der Waals surface area contributed by atoms with Crippen LogP contribution in [0.1, 0.15) is 33.9 Å². The van der Waals surface area contributed by atoms with Gasteiger partial charge in [0.15, 0.2) is 5.82 Å². The Hall–Kier alpha value is -1.45. The number of fused-ring (bicyclic) bond motifs is 1. The number of thioether (sulfide) groups is 1. The molecule has 2 amide bonds. The second-order valence-corrected chi connectivity index (χ2v) is 9.65. The molecule has 164 valence electrons. The van der Waals surface area contributed by atoms with Crippen molar-refractivity contribution >= 4 is 53.5 Å². The zero-order chi connectivity index (χ0) is 22.3. The molecule has 2 aliphatic rings. The van der Waals surface area contributed by atoms with E-state index in [1.165, 1.54) is 23.1 Å². The number of rotatable bonds is 7. The van der Waals surface area contributed by atoms with Gasteiger partial charge >= 0.3 is 29.6 Å². The third-order valence-electron chi connectivity index (χ3n) is 4.74. The number of carbonyl (C=O) groups is 3. The van der Waals surface area contributed by atoms with Crippen LogP contribution in [0.2, 0.25) is 0 Å². The number of nitrogens with zero attached hydrogens (tertiary/aromatic N) is 5. The fourth-order valence-corrected chi connectivity index (χ4v) is 5.94. The van der Waals surface area contributed by atoms with Gasteiger partial charge in [-0.1, -0.05) is 12.1 Å². The smallest absolute Gasteiger partial charge is 0.543 e. The predicted molar refractivity (Wildman–Crippen MR) is 111 cm³/mol. The average Bonchev–Trinajstić information content (AvgIpc) is 3.38. The molecule has 2 aliphatic heterocycles. The molecule has 0 aromatic carbocycles. The quantitative estimate of drug-likeness (QED) is 0.220. The molecule has 4 heterocycles. The molecule has 11 nitrogen and oxygen atoms in total. The van der Waals surface area contributed by atoms with Crippen LogP contribution in [0.25, 0.3) is 0 Å². The number of aryl methyl sites for hydroxylation is 2. The summed E-state index contributed by atoms with van der Waals surface area (Å²) in [7, 11) is 0. The molecule has 3 atom stereocenters. The van der Waals surface area contributed by atoms with Crippen LogP contribution in [-0.2, 0) is 27.2 Å². The monoisotopic (exact) mass is 504 g/mol. The summed E-state index contributed by atoms with van der Waals surface area (Å²) in [6.45, 7) is 3.63. The summed E-state index contributed by atoms with van der Waals surface area (Å²) in [4.78, 5) is 42.2. The minimum absolute atomic E-state index is 0. The number of nitrogens with one attached hydrogen (secondary N) is 1. The van der Waals surface area contributed by atoms with Crippen molar-refractivity contribution in [2.45, 2.75) is 43.4 Å². The van der Waals surface area contributed by atoms with Crippen LogP contribution in [-0.4, -0.2) is 60.2 Å². The number of amides is 2. The van der Waals surface area contributed by atoms with Gasteiger partial charge in [-0.3, -0.25) is 14.5 Å². The molecule has 1 N–H and O–H groups in total. The molecule has 0 saturated carbocycles. The Morgan fingerprint density at radius 3 is 2.75 bits per heavy atom. The molecule has 0 spiro atoms. The van der Waals surface area contributed by atoms with Gasteiger partial charge in [-0.2, -0.15) is 17.6 Å². The number of hydrogen-bond acceptors (Lipinski definition) is 12. The summed E-state index contributed by atoms with van der Waals surface area (Å²) in [5.41, 5.74) is 0.190. The number of thiol groups is 1. The summed E-state index contributed by atoms with van der Waals surface area (Å²) in [6.07, 6.45) is 0.404. The number of aliphatic carboxylic acids is 1. The summed E-state index contributed by atoms with van der Waals surface area (Å²) < 4.78 is 4.96. The van der Waals surface area contributed by atoms with Gasteiger partial charge in [-0.15, -0.1) is 33.3 Å². The van der Waals surface area contributed by atoms with Crippen molar-refractivity contribution in [3.05, 3.63) is 33.0 Å². The Kier molecular flexibility index (Phi) is 8.04. The summed E-state index contributed by atoms with van der Waals surface area (Å²) in [6, 6.07) is -0.854. The van der Waals surface area contributed by atoms with E-state index in [1.54, 1.807) is 6.92 Å². The van der Waals surface area contributed by atoms with Gasteiger partial charge in [0.2, 0.25) is 11.8 Å². The molecule has 2 aromatic heterocycles. The van der Waals surface area contributed by atoms with Crippen LogP contribution in [0.15, 0.2) is 15.8 Å². The second-order valence-electron chi connectivity index (χ2n) is 6.81. The van der Waals surface area contributed by atoms with E-state index in [1.807, 2.05) is 6.92 Å². The SMILES string of the molecule is CCc1nc(CC(=O)NC2C(=O)N3C(C(=O)[O-])=C(C(S)c4nnc(C)s4)CS[C@H]23)no1.[Na+]. The fraction of sp³-hybridized carbons (Fsp3) is 0.471. The van der Waals surface area contributed by atoms with Crippen LogP contribution in [0.3, 0.4) is 0 Å². The minimum atomic E-state index is -1.47. The number of carboxylic acids is 1. The molecule has 1 saturated heterocycles. The van der Waals surface area contributed by atoms with Crippen LogP contribution in [0.5, 0.6) is 0 Å². The number of carbonyl (C=O) groups excluding carboxylic acids is 3. The maximum atomic E-state index is 12.7. The minimum Gasteiger partial charge on any atom is -0.543 e. The van der Waals surface area contributed by atoms with Crippen molar-refractivity contribution in [1.82, 2.24) is 30.6 Å². The van der Waals surface area contributed by atoms with Crippen molar-refractivity contribution in [3.63, 3.8) is 0 Å². The third-order valence-corrected chi connectivity index (χ3v) is 7.68. The number of β-lactam (4-membered cyclic amide) rings is 1. The van der Waals surface area contributed by atoms with Gasteiger partial charge < -0.3 is 19.7 Å². The van der Waals surface area contributed by atoms with E-state index in [-0.39, 0.29) is 47.5 Å². The number of hydrogen-bond donors (Lipinski definition) is 2. The normalized spacial score (nSPS) is 20.8. The van der Waals surface area contributed by atoms with Crippen LogP contribution >= 0.6 is 35.7 Å². The average molecular weight is 505 g/mol. The van der Waals surface area contributed by atoms with E-state index >= 15 is 0 Å². The number of aromatic nitrogens is 4. The van der Waals surface area contributed by atoms with Gasteiger partial charge in [0, 0.05) is 12.2 Å². The van der Waals surface area contributed by atoms with Crippen LogP contribution < -0.4 is 40.0 Å². The Morgan fingerprint density at radius 1 is 1.41 bits per heavy atom. The summed E-state index contributed by atoms with van der Waals surface area (Å²) in [5, 5.41) is 26.3. The Morgan fingerprint density at radius 2 is 2.16 bits per heavy atom. The molecule has 2 aromatic rings. The molecule has 0 radical (unpaired) electrons. The molecular weight excluding hydrogens is 487 g/mol. The van der Waals surface area contributed by atoms with E-state index in [9.17, 15) is 19.5 Å². The standard InChI is InChI=1S/C17H18N6O5S3.Na/c1-3-10-18-8(22-28-10)4-9(24)19-11-15(25)23-12(17(26)27)7(5-30-16(11)23)13(29)14-21-20-6(2)31-14;/h11,13,16,29H,3-5H2,1-2H3,(H,19,24)(H,26,27);/q;+1/p-1/t11?,13?,16-;/m1./s1. The van der Waals surface area contributed by atoms with Gasteiger partial charge in [-0.05, 0) is 12.5 Å².